The van der Waals surface area contributed by atoms with Crippen LogP contribution in [0.2, 0.25) is 0 Å². The van der Waals surface area contributed by atoms with Gasteiger partial charge in [-0.2, -0.15) is 5.26 Å². The van der Waals surface area contributed by atoms with Crippen LogP contribution in [0.25, 0.3) is 0 Å². The minimum Gasteiger partial charge on any atom is -0.481 e. The van der Waals surface area contributed by atoms with Gasteiger partial charge in [0.1, 0.15) is 0 Å². The molecule has 1 unspecified atom stereocenters. The Morgan fingerprint density at radius 1 is 1.08 bits per heavy atom. The van der Waals surface area contributed by atoms with E-state index in [1.54, 1.807) is 13.2 Å². The van der Waals surface area contributed by atoms with Gasteiger partial charge in [0.25, 0.3) is 0 Å². The van der Waals surface area contributed by atoms with Crippen molar-refractivity contribution in [2.75, 3.05) is 13.7 Å². The van der Waals surface area contributed by atoms with Crippen LogP contribution in [-0.4, -0.2) is 36.4 Å². The zero-order chi connectivity index (χ0) is 28.1. The van der Waals surface area contributed by atoms with E-state index in [9.17, 15) is 24.8 Å². The third kappa shape index (κ3) is 3.06. The average Bonchev–Trinajstić information content (AvgIpc) is 2.83. The van der Waals surface area contributed by atoms with Gasteiger partial charge in [-0.05, 0) is 79.8 Å². The number of fused-ring (bicyclic) bond motifs is 7. The fourth-order valence-electron chi connectivity index (χ4n) is 10.3. The van der Waals surface area contributed by atoms with Crippen LogP contribution in [0.5, 0.6) is 0 Å². The Balaban J connectivity index is 1.71. The van der Waals surface area contributed by atoms with Gasteiger partial charge in [-0.1, -0.05) is 46.3 Å². The second-order valence-electron chi connectivity index (χ2n) is 14.7. The lowest BCUT2D eigenvalue weighted by molar-refractivity contribution is -0.196. The van der Waals surface area contributed by atoms with Crippen molar-refractivity contribution in [2.45, 2.75) is 80.1 Å². The highest BCUT2D eigenvalue weighted by Gasteiger charge is 2.72. The average molecular weight is 522 g/mol. The van der Waals surface area contributed by atoms with E-state index in [0.29, 0.717) is 32.3 Å². The van der Waals surface area contributed by atoms with Gasteiger partial charge in [0.15, 0.2) is 11.6 Å². The molecule has 0 amide bonds. The lowest BCUT2D eigenvalue weighted by atomic mass is 9.33. The van der Waals surface area contributed by atoms with Crippen molar-refractivity contribution in [2.24, 2.45) is 56.2 Å². The summed E-state index contributed by atoms with van der Waals surface area (Å²) in [5, 5.41) is 21.0. The minimum atomic E-state index is -1.05. The van der Waals surface area contributed by atoms with Gasteiger partial charge in [0.05, 0.1) is 29.4 Å². The Bertz CT molecular complexity index is 1210. The molecule has 0 aliphatic heterocycles. The van der Waals surface area contributed by atoms with Crippen LogP contribution in [0, 0.1) is 67.5 Å². The molecule has 3 saturated carbocycles. The second-order valence-corrected chi connectivity index (χ2v) is 14.7. The summed E-state index contributed by atoms with van der Waals surface area (Å²) in [6.45, 7) is 13.1. The maximum absolute atomic E-state index is 14.4. The first-order valence-electron chi connectivity index (χ1n) is 14.2. The number of carboxylic acid groups (broad SMARTS) is 1. The highest BCUT2D eigenvalue weighted by Crippen LogP contribution is 2.75. The van der Waals surface area contributed by atoms with Crippen molar-refractivity contribution in [3.63, 3.8) is 0 Å². The zero-order valence-corrected chi connectivity index (χ0v) is 24.0. The molecule has 5 rings (SSSR count). The highest BCUT2D eigenvalue weighted by atomic mass is 16.5. The molecule has 9 atom stereocenters. The van der Waals surface area contributed by atoms with Gasteiger partial charge in [0.2, 0.25) is 0 Å². The summed E-state index contributed by atoms with van der Waals surface area (Å²) in [7, 11) is 1.63. The Labute approximate surface area is 226 Å². The van der Waals surface area contributed by atoms with Crippen LogP contribution < -0.4 is 0 Å². The van der Waals surface area contributed by atoms with Gasteiger partial charge in [-0.25, -0.2) is 0 Å². The number of rotatable bonds is 3. The number of hydrogen-bond donors (Lipinski definition) is 1. The van der Waals surface area contributed by atoms with Crippen molar-refractivity contribution >= 4 is 17.5 Å². The van der Waals surface area contributed by atoms with Crippen molar-refractivity contribution in [3.05, 3.63) is 23.8 Å². The number of carbonyl (C=O) groups is 3. The summed E-state index contributed by atoms with van der Waals surface area (Å²) in [5.74, 6) is -2.37. The van der Waals surface area contributed by atoms with Gasteiger partial charge >= 0.3 is 5.97 Å². The first-order chi connectivity index (χ1) is 17.6. The fourth-order valence-corrected chi connectivity index (χ4v) is 10.3. The first kappa shape index (κ1) is 27.3. The zero-order valence-electron chi connectivity index (χ0n) is 24.0. The number of hydrogen-bond acceptors (Lipinski definition) is 5. The predicted octanol–water partition coefficient (Wildman–Crippen LogP) is 5.77. The first-order valence-corrected chi connectivity index (χ1v) is 14.2. The summed E-state index contributed by atoms with van der Waals surface area (Å²) in [4.78, 5) is 40.5. The summed E-state index contributed by atoms with van der Waals surface area (Å²) in [5.41, 5.74) is -2.34. The molecular formula is C32H43NO5. The molecule has 6 heteroatoms. The van der Waals surface area contributed by atoms with Crippen molar-refractivity contribution in [1.29, 1.82) is 5.26 Å². The number of nitriles is 1. The number of carbonyl (C=O) groups excluding carboxylic acids is 2. The lowest BCUT2D eigenvalue weighted by Crippen LogP contribution is -2.67. The summed E-state index contributed by atoms with van der Waals surface area (Å²) < 4.78 is 5.55. The molecule has 0 aromatic carbocycles. The number of carboxylic acids is 1. The van der Waals surface area contributed by atoms with Crippen LogP contribution in [0.3, 0.4) is 0 Å². The molecule has 5 aliphatic carbocycles. The van der Waals surface area contributed by atoms with Crippen molar-refractivity contribution < 1.29 is 24.2 Å². The molecule has 0 aromatic rings. The Hall–Kier alpha value is -2.26. The van der Waals surface area contributed by atoms with E-state index in [4.69, 9.17) is 4.74 Å². The number of allylic oxidation sites excluding steroid dienone is 4. The SMILES string of the molecule is COC[C@]1(C)C(=O)C=C[C@]2(C)C3=CC(=O)[C@@H]4[C@@H]5C(C#N)C(C)(C)CC[C@]5(C(=O)O)CC[C@@]4(C)[C@]3(C)CC[C@H]21. The van der Waals surface area contributed by atoms with E-state index in [1.807, 2.05) is 19.1 Å². The molecule has 0 radical (unpaired) electrons. The van der Waals surface area contributed by atoms with Gasteiger partial charge < -0.3 is 9.84 Å². The Morgan fingerprint density at radius 2 is 1.74 bits per heavy atom. The summed E-state index contributed by atoms with van der Waals surface area (Å²) >= 11 is 0. The molecule has 6 nitrogen and oxygen atoms in total. The molecule has 0 saturated heterocycles. The largest absolute Gasteiger partial charge is 0.481 e. The molecule has 5 aliphatic rings. The van der Waals surface area contributed by atoms with Crippen LogP contribution in [-0.2, 0) is 19.1 Å². The number of nitrogens with zero attached hydrogens (tertiary/aromatic N) is 1. The molecular weight excluding hydrogens is 478 g/mol. The Morgan fingerprint density at radius 3 is 2.34 bits per heavy atom. The lowest BCUT2D eigenvalue weighted by Gasteiger charge is -2.69. The van der Waals surface area contributed by atoms with Crippen LogP contribution in [0.15, 0.2) is 23.8 Å². The monoisotopic (exact) mass is 521 g/mol. The Kier molecular flexibility index (Phi) is 5.84. The van der Waals surface area contributed by atoms with Crippen LogP contribution >= 0.6 is 0 Å². The molecule has 0 bridgehead atoms. The molecule has 206 valence electrons. The van der Waals surface area contributed by atoms with Gasteiger partial charge in [-0.3, -0.25) is 14.4 Å². The number of aliphatic carboxylic acids is 1. The molecule has 1 N–H and O–H groups in total. The van der Waals surface area contributed by atoms with E-state index in [-0.39, 0.29) is 28.3 Å². The van der Waals surface area contributed by atoms with E-state index >= 15 is 0 Å². The van der Waals surface area contributed by atoms with Crippen LogP contribution in [0.4, 0.5) is 0 Å². The number of ether oxygens (including phenoxy) is 1. The third-order valence-corrected chi connectivity index (χ3v) is 12.8. The molecule has 0 aromatic heterocycles. The summed E-state index contributed by atoms with van der Waals surface area (Å²) in [6.07, 6.45) is 9.45. The van der Waals surface area contributed by atoms with Crippen LogP contribution in [0.1, 0.15) is 80.1 Å². The highest BCUT2D eigenvalue weighted by molar-refractivity contribution is 5.98. The van der Waals surface area contributed by atoms with Gasteiger partial charge in [0, 0.05) is 24.4 Å². The van der Waals surface area contributed by atoms with E-state index in [2.05, 4.69) is 40.7 Å². The minimum absolute atomic E-state index is 0.00176. The molecule has 3 fully saturated rings. The van der Waals surface area contributed by atoms with Crippen molar-refractivity contribution in [1.82, 2.24) is 0 Å². The predicted molar refractivity (Wildman–Crippen MR) is 143 cm³/mol. The number of methoxy groups -OCH3 is 1. The van der Waals surface area contributed by atoms with E-state index in [1.165, 1.54) is 0 Å². The van der Waals surface area contributed by atoms with Crippen molar-refractivity contribution in [3.8, 4) is 6.07 Å². The maximum atomic E-state index is 14.4. The second kappa shape index (κ2) is 8.13. The topological polar surface area (TPSA) is 104 Å². The smallest absolute Gasteiger partial charge is 0.309 e. The fraction of sp³-hybridized carbons (Fsp3) is 0.750. The quantitative estimate of drug-likeness (QED) is 0.505. The maximum Gasteiger partial charge on any atom is 0.309 e. The summed E-state index contributed by atoms with van der Waals surface area (Å²) in [6, 6.07) is 2.51. The normalized spacial score (nSPS) is 49.1. The molecule has 38 heavy (non-hydrogen) atoms. The third-order valence-electron chi connectivity index (χ3n) is 12.8. The molecule has 0 heterocycles. The van der Waals surface area contributed by atoms with E-state index < -0.39 is 45.4 Å². The standard InChI is InChI=1S/C32H43NO5/c1-27(2)12-14-32(26(36)37)15-13-31(6)25(24(32)19(27)17-33)20(34)16-22-28(3)10-9-23(35)29(4,18-38-7)21(28)8-11-30(22,31)5/h9-10,16,19,21,24-25H,8,11-15,18H2,1-7H3,(H,36,37)/t19?,21-,24+,25-,28+,29+,30-,31-,32+/m1/s1. The van der Waals surface area contributed by atoms with Gasteiger partial charge in [-0.15, -0.1) is 0 Å². The number of ketones is 2. The van der Waals surface area contributed by atoms with E-state index in [0.717, 1.165) is 18.4 Å². The molecule has 0 spiro atoms.